The number of likely N-dealkylation sites (tertiary alicyclic amines) is 2. The molecule has 6 nitrogen and oxygen atoms in total. The second kappa shape index (κ2) is 6.75. The van der Waals surface area contributed by atoms with Crippen molar-refractivity contribution in [3.63, 3.8) is 0 Å². The zero-order valence-electron chi connectivity index (χ0n) is 11.3. The van der Waals surface area contributed by atoms with Gasteiger partial charge in [-0.3, -0.25) is 4.79 Å². The molecule has 108 valence electrons. The lowest BCUT2D eigenvalue weighted by molar-refractivity contribution is -0.131. The molecule has 0 saturated carbocycles. The number of carbonyl (C=O) groups is 2. The summed E-state index contributed by atoms with van der Waals surface area (Å²) in [6, 6.07) is 0.268. The monoisotopic (exact) mass is 269 g/mol. The number of carboxylic acid groups (broad SMARTS) is 1. The maximum atomic E-state index is 12.0. The van der Waals surface area contributed by atoms with E-state index in [4.69, 9.17) is 5.11 Å². The fourth-order valence-electron chi connectivity index (χ4n) is 2.76. The quantitative estimate of drug-likeness (QED) is 0.792. The van der Waals surface area contributed by atoms with E-state index in [9.17, 15) is 9.59 Å². The summed E-state index contributed by atoms with van der Waals surface area (Å²) in [4.78, 5) is 26.1. The summed E-state index contributed by atoms with van der Waals surface area (Å²) in [5.74, 6) is 0.181. The van der Waals surface area contributed by atoms with Crippen LogP contribution in [0, 0.1) is 0 Å². The van der Waals surface area contributed by atoms with E-state index in [2.05, 4.69) is 5.32 Å². The van der Waals surface area contributed by atoms with Crippen molar-refractivity contribution < 1.29 is 14.7 Å². The van der Waals surface area contributed by atoms with Gasteiger partial charge in [-0.25, -0.2) is 4.79 Å². The van der Waals surface area contributed by atoms with E-state index in [1.807, 2.05) is 4.90 Å². The van der Waals surface area contributed by atoms with Crippen LogP contribution in [0.1, 0.15) is 32.1 Å². The second-order valence-electron chi connectivity index (χ2n) is 5.37. The summed E-state index contributed by atoms with van der Waals surface area (Å²) >= 11 is 0. The van der Waals surface area contributed by atoms with Gasteiger partial charge in [-0.2, -0.15) is 0 Å². The maximum Gasteiger partial charge on any atom is 0.407 e. The van der Waals surface area contributed by atoms with Crippen molar-refractivity contribution in [2.24, 2.45) is 0 Å². The Morgan fingerprint density at radius 1 is 1.00 bits per heavy atom. The fourth-order valence-corrected chi connectivity index (χ4v) is 2.76. The topological polar surface area (TPSA) is 72.9 Å². The van der Waals surface area contributed by atoms with E-state index in [0.717, 1.165) is 38.8 Å². The first-order valence-electron chi connectivity index (χ1n) is 7.16. The number of nitrogens with zero attached hydrogens (tertiary/aromatic N) is 2. The van der Waals surface area contributed by atoms with Gasteiger partial charge in [0, 0.05) is 32.2 Å². The van der Waals surface area contributed by atoms with Gasteiger partial charge in [0.1, 0.15) is 0 Å². The van der Waals surface area contributed by atoms with Crippen molar-refractivity contribution in [1.82, 2.24) is 15.1 Å². The zero-order chi connectivity index (χ0) is 13.7. The zero-order valence-corrected chi connectivity index (χ0v) is 11.3. The molecule has 0 aromatic rings. The van der Waals surface area contributed by atoms with E-state index in [1.165, 1.54) is 11.3 Å². The Bertz CT molecular complexity index is 321. The third kappa shape index (κ3) is 4.09. The molecule has 2 aliphatic heterocycles. The van der Waals surface area contributed by atoms with Crippen LogP contribution >= 0.6 is 0 Å². The van der Waals surface area contributed by atoms with Crippen molar-refractivity contribution in [3.8, 4) is 0 Å². The Hall–Kier alpha value is -1.30. The molecule has 2 fully saturated rings. The van der Waals surface area contributed by atoms with Gasteiger partial charge in [-0.1, -0.05) is 0 Å². The molecular weight excluding hydrogens is 246 g/mol. The van der Waals surface area contributed by atoms with Crippen LogP contribution in [0.3, 0.4) is 0 Å². The standard InChI is InChI=1S/C13H23N3O3/c17-12(15-6-2-1-3-7-15)10-14-11-4-8-16(9-5-11)13(18)19/h11,14H,1-10H2,(H,18,19). The molecular formula is C13H23N3O3. The smallest absolute Gasteiger partial charge is 0.407 e. The van der Waals surface area contributed by atoms with Gasteiger partial charge in [0.2, 0.25) is 5.91 Å². The number of hydrogen-bond acceptors (Lipinski definition) is 3. The van der Waals surface area contributed by atoms with Gasteiger partial charge in [0.25, 0.3) is 0 Å². The number of amides is 2. The molecule has 0 aromatic heterocycles. The normalized spacial score (nSPS) is 21.5. The third-order valence-corrected chi connectivity index (χ3v) is 4.02. The van der Waals surface area contributed by atoms with E-state index in [1.54, 1.807) is 0 Å². The number of rotatable bonds is 3. The molecule has 2 aliphatic rings. The number of carbonyl (C=O) groups excluding carboxylic acids is 1. The van der Waals surface area contributed by atoms with Crippen molar-refractivity contribution in [2.75, 3.05) is 32.7 Å². The van der Waals surface area contributed by atoms with Crippen LogP contribution in [0.15, 0.2) is 0 Å². The van der Waals surface area contributed by atoms with Gasteiger partial charge in [0.15, 0.2) is 0 Å². The Morgan fingerprint density at radius 3 is 2.21 bits per heavy atom. The van der Waals surface area contributed by atoms with Crippen molar-refractivity contribution in [1.29, 1.82) is 0 Å². The highest BCUT2D eigenvalue weighted by Crippen LogP contribution is 2.11. The first kappa shape index (κ1) is 14.1. The predicted octanol–water partition coefficient (Wildman–Crippen LogP) is 0.731. The molecule has 0 unspecified atom stereocenters. The molecule has 6 heteroatoms. The lowest BCUT2D eigenvalue weighted by Gasteiger charge is -2.32. The van der Waals surface area contributed by atoms with Gasteiger partial charge >= 0.3 is 6.09 Å². The summed E-state index contributed by atoms with van der Waals surface area (Å²) in [6.07, 6.45) is 4.19. The molecule has 0 bridgehead atoms. The molecule has 0 aliphatic carbocycles. The van der Waals surface area contributed by atoms with Gasteiger partial charge in [0.05, 0.1) is 6.54 Å². The molecule has 2 heterocycles. The first-order valence-corrected chi connectivity index (χ1v) is 7.16. The molecule has 2 amide bonds. The Labute approximate surface area is 113 Å². The van der Waals surface area contributed by atoms with Crippen LogP contribution in [0.4, 0.5) is 4.79 Å². The molecule has 0 radical (unpaired) electrons. The van der Waals surface area contributed by atoms with E-state index >= 15 is 0 Å². The van der Waals surface area contributed by atoms with Gasteiger partial charge in [-0.05, 0) is 32.1 Å². The molecule has 0 spiro atoms. The van der Waals surface area contributed by atoms with Crippen molar-refractivity contribution >= 4 is 12.0 Å². The first-order chi connectivity index (χ1) is 9.16. The van der Waals surface area contributed by atoms with Gasteiger partial charge in [-0.15, -0.1) is 0 Å². The summed E-state index contributed by atoms with van der Waals surface area (Å²) in [6.45, 7) is 3.28. The van der Waals surface area contributed by atoms with Crippen LogP contribution in [0.2, 0.25) is 0 Å². The predicted molar refractivity (Wildman–Crippen MR) is 71.1 cm³/mol. The van der Waals surface area contributed by atoms with Crippen LogP contribution in [-0.2, 0) is 4.79 Å². The average Bonchev–Trinajstić information content (AvgIpc) is 2.46. The molecule has 19 heavy (non-hydrogen) atoms. The fraction of sp³-hybridized carbons (Fsp3) is 0.846. The molecule has 0 atom stereocenters. The van der Waals surface area contributed by atoms with Gasteiger partial charge < -0.3 is 20.2 Å². The van der Waals surface area contributed by atoms with Crippen LogP contribution in [0.5, 0.6) is 0 Å². The minimum absolute atomic E-state index is 0.181. The second-order valence-corrected chi connectivity index (χ2v) is 5.37. The van der Waals surface area contributed by atoms with Crippen LogP contribution in [-0.4, -0.2) is 65.7 Å². The minimum Gasteiger partial charge on any atom is -0.465 e. The van der Waals surface area contributed by atoms with E-state index < -0.39 is 6.09 Å². The Balaban J connectivity index is 1.66. The lowest BCUT2D eigenvalue weighted by atomic mass is 10.1. The third-order valence-electron chi connectivity index (χ3n) is 4.02. The molecule has 2 rings (SSSR count). The van der Waals surface area contributed by atoms with Crippen molar-refractivity contribution in [2.45, 2.75) is 38.1 Å². The largest absolute Gasteiger partial charge is 0.465 e. The Morgan fingerprint density at radius 2 is 1.63 bits per heavy atom. The van der Waals surface area contributed by atoms with Crippen molar-refractivity contribution in [3.05, 3.63) is 0 Å². The molecule has 2 N–H and O–H groups in total. The highest BCUT2D eigenvalue weighted by molar-refractivity contribution is 5.78. The maximum absolute atomic E-state index is 12.0. The SMILES string of the molecule is O=C(O)N1CCC(NCC(=O)N2CCCCC2)CC1. The number of hydrogen-bond donors (Lipinski definition) is 2. The molecule has 2 saturated heterocycles. The lowest BCUT2D eigenvalue weighted by Crippen LogP contribution is -2.48. The number of nitrogens with one attached hydrogen (secondary N) is 1. The summed E-state index contributed by atoms with van der Waals surface area (Å²) in [7, 11) is 0. The number of piperidine rings is 2. The van der Waals surface area contributed by atoms with Crippen LogP contribution in [0.25, 0.3) is 0 Å². The summed E-state index contributed by atoms with van der Waals surface area (Å²) in [5.41, 5.74) is 0. The van der Waals surface area contributed by atoms with E-state index in [0.29, 0.717) is 19.6 Å². The average molecular weight is 269 g/mol. The van der Waals surface area contributed by atoms with Crippen LogP contribution < -0.4 is 5.32 Å². The molecule has 0 aromatic carbocycles. The Kier molecular flexibility index (Phi) is 5.01. The minimum atomic E-state index is -0.845. The highest BCUT2D eigenvalue weighted by atomic mass is 16.4. The summed E-state index contributed by atoms with van der Waals surface area (Å²) < 4.78 is 0. The van der Waals surface area contributed by atoms with E-state index in [-0.39, 0.29) is 11.9 Å². The highest BCUT2D eigenvalue weighted by Gasteiger charge is 2.23. The summed E-state index contributed by atoms with van der Waals surface area (Å²) in [5, 5.41) is 12.1.